The fourth-order valence-corrected chi connectivity index (χ4v) is 2.79. The van der Waals surface area contributed by atoms with Crippen LogP contribution < -0.4 is 10.1 Å². The van der Waals surface area contributed by atoms with Crippen molar-refractivity contribution in [2.24, 2.45) is 0 Å². The minimum atomic E-state index is -1.12. The predicted molar refractivity (Wildman–Crippen MR) is 88.3 cm³/mol. The molecule has 3 nitrogen and oxygen atoms in total. The molecule has 2 aromatic carbocycles. The number of hydrogen-bond donors (Lipinski definition) is 1. The molecule has 1 N–H and O–H groups in total. The van der Waals surface area contributed by atoms with Crippen LogP contribution in [0.5, 0.6) is 5.75 Å². The maximum absolute atomic E-state index is 12.8. The van der Waals surface area contributed by atoms with E-state index in [4.69, 9.17) is 16.3 Å². The van der Waals surface area contributed by atoms with E-state index in [0.29, 0.717) is 22.9 Å². The molecule has 22 heavy (non-hydrogen) atoms. The molecule has 0 saturated heterocycles. The zero-order valence-electron chi connectivity index (χ0n) is 12.2. The molecule has 1 unspecified atom stereocenters. The van der Waals surface area contributed by atoms with Gasteiger partial charge in [-0.15, -0.1) is 0 Å². The van der Waals surface area contributed by atoms with Crippen LogP contribution in [0, 0.1) is 0 Å². The Morgan fingerprint density at radius 3 is 2.59 bits per heavy atom. The highest BCUT2D eigenvalue weighted by molar-refractivity contribution is 6.30. The molecule has 112 valence electrons. The van der Waals surface area contributed by atoms with Crippen molar-refractivity contribution in [2.75, 3.05) is 5.32 Å². The fourth-order valence-electron chi connectivity index (χ4n) is 2.67. The van der Waals surface area contributed by atoms with Crippen LogP contribution in [0.2, 0.25) is 5.02 Å². The summed E-state index contributed by atoms with van der Waals surface area (Å²) in [5.41, 5.74) is 1.18. The molecule has 2 aromatic rings. The Morgan fingerprint density at radius 1 is 1.23 bits per heavy atom. The van der Waals surface area contributed by atoms with Gasteiger partial charge in [0.05, 0.1) is 5.69 Å². The van der Waals surface area contributed by atoms with E-state index in [-0.39, 0.29) is 5.91 Å². The number of para-hydroxylation sites is 2. The first-order chi connectivity index (χ1) is 10.5. The molecular weight excluding hydrogens is 298 g/mol. The Bertz CT molecular complexity index is 739. The van der Waals surface area contributed by atoms with E-state index in [1.807, 2.05) is 43.3 Å². The number of amides is 1. The molecule has 1 heterocycles. The van der Waals surface area contributed by atoms with Gasteiger partial charge >= 0.3 is 0 Å². The Morgan fingerprint density at radius 2 is 1.91 bits per heavy atom. The predicted octanol–water partition coefficient (Wildman–Crippen LogP) is 4.53. The second-order valence-electron chi connectivity index (χ2n) is 5.52. The summed E-state index contributed by atoms with van der Waals surface area (Å²) in [5.74, 6) is 0.454. The quantitative estimate of drug-likeness (QED) is 0.845. The standard InChI is InChI=1S/C18H16ClNO2/c1-12(2)11-18(13-7-9-14(19)10-8-13)17(21)20-15-5-3-4-6-16(15)22-18/h3-10H,1,11H2,2H3,(H,20,21). The summed E-state index contributed by atoms with van der Waals surface area (Å²) >= 11 is 5.96. The summed E-state index contributed by atoms with van der Waals surface area (Å²) in [6.07, 6.45) is 0.398. The number of carbonyl (C=O) groups excluding carboxylic acids is 1. The van der Waals surface area contributed by atoms with Gasteiger partial charge in [0.1, 0.15) is 5.75 Å². The molecule has 1 atom stereocenters. The van der Waals surface area contributed by atoms with Crippen molar-refractivity contribution in [1.82, 2.24) is 0 Å². The van der Waals surface area contributed by atoms with Gasteiger partial charge in [-0.1, -0.05) is 48.0 Å². The number of hydrogen-bond acceptors (Lipinski definition) is 2. The molecule has 0 radical (unpaired) electrons. The molecule has 0 aliphatic carbocycles. The Labute approximate surface area is 134 Å². The normalized spacial score (nSPS) is 19.8. The highest BCUT2D eigenvalue weighted by atomic mass is 35.5. The van der Waals surface area contributed by atoms with Crippen molar-refractivity contribution in [3.63, 3.8) is 0 Å². The summed E-state index contributed by atoms with van der Waals surface area (Å²) in [5, 5.41) is 3.55. The lowest BCUT2D eigenvalue weighted by atomic mass is 9.85. The van der Waals surface area contributed by atoms with Gasteiger partial charge in [-0.3, -0.25) is 4.79 Å². The fraction of sp³-hybridized carbons (Fsp3) is 0.167. The van der Waals surface area contributed by atoms with Gasteiger partial charge < -0.3 is 10.1 Å². The first kappa shape index (κ1) is 14.7. The molecule has 3 rings (SSSR count). The molecular formula is C18H16ClNO2. The maximum atomic E-state index is 12.8. The molecule has 4 heteroatoms. The lowest BCUT2D eigenvalue weighted by Crippen LogP contribution is -2.48. The lowest BCUT2D eigenvalue weighted by Gasteiger charge is -2.38. The number of carbonyl (C=O) groups is 1. The lowest BCUT2D eigenvalue weighted by molar-refractivity contribution is -0.133. The number of rotatable bonds is 3. The summed E-state index contributed by atoms with van der Waals surface area (Å²) in [4.78, 5) is 12.8. The van der Waals surface area contributed by atoms with Crippen LogP contribution in [0.4, 0.5) is 5.69 Å². The van der Waals surface area contributed by atoms with Crippen LogP contribution in [0.15, 0.2) is 60.7 Å². The van der Waals surface area contributed by atoms with Crippen molar-refractivity contribution >= 4 is 23.2 Å². The van der Waals surface area contributed by atoms with Gasteiger partial charge in [0.2, 0.25) is 5.60 Å². The number of fused-ring (bicyclic) bond motifs is 1. The second-order valence-corrected chi connectivity index (χ2v) is 5.96. The highest BCUT2D eigenvalue weighted by Gasteiger charge is 2.46. The van der Waals surface area contributed by atoms with E-state index >= 15 is 0 Å². The van der Waals surface area contributed by atoms with Gasteiger partial charge in [-0.25, -0.2) is 0 Å². The molecule has 1 amide bonds. The van der Waals surface area contributed by atoms with Gasteiger partial charge in [-0.2, -0.15) is 0 Å². The third kappa shape index (κ3) is 2.48. The maximum Gasteiger partial charge on any atom is 0.273 e. The molecule has 0 saturated carbocycles. The smallest absolute Gasteiger partial charge is 0.273 e. The molecule has 1 aliphatic rings. The average molecular weight is 314 g/mol. The van der Waals surface area contributed by atoms with Crippen molar-refractivity contribution in [2.45, 2.75) is 18.9 Å². The number of halogens is 1. The Kier molecular flexibility index (Phi) is 3.67. The molecule has 0 bridgehead atoms. The van der Waals surface area contributed by atoms with Crippen molar-refractivity contribution in [3.8, 4) is 5.75 Å². The minimum absolute atomic E-state index is 0.198. The summed E-state index contributed by atoms with van der Waals surface area (Å²) in [6, 6.07) is 14.6. The highest BCUT2D eigenvalue weighted by Crippen LogP contribution is 2.42. The molecule has 0 spiro atoms. The number of ether oxygens (including phenoxy) is 1. The molecule has 0 fully saturated rings. The Balaban J connectivity index is 2.13. The number of anilines is 1. The van der Waals surface area contributed by atoms with Gasteiger partial charge in [0, 0.05) is 17.0 Å². The van der Waals surface area contributed by atoms with E-state index in [0.717, 1.165) is 11.1 Å². The van der Waals surface area contributed by atoms with Gasteiger partial charge in [-0.05, 0) is 31.2 Å². The van der Waals surface area contributed by atoms with Gasteiger partial charge in [0.15, 0.2) is 0 Å². The van der Waals surface area contributed by atoms with Crippen LogP contribution in [0.3, 0.4) is 0 Å². The van der Waals surface area contributed by atoms with E-state index in [1.54, 1.807) is 12.1 Å². The first-order valence-electron chi connectivity index (χ1n) is 7.01. The average Bonchev–Trinajstić information content (AvgIpc) is 2.48. The zero-order chi connectivity index (χ0) is 15.7. The van der Waals surface area contributed by atoms with Crippen LogP contribution in [-0.4, -0.2) is 5.91 Å². The van der Waals surface area contributed by atoms with Crippen LogP contribution in [0.25, 0.3) is 0 Å². The summed E-state index contributed by atoms with van der Waals surface area (Å²) in [6.45, 7) is 5.83. The molecule has 1 aliphatic heterocycles. The van der Waals surface area contributed by atoms with Crippen molar-refractivity contribution in [3.05, 3.63) is 71.3 Å². The first-order valence-corrected chi connectivity index (χ1v) is 7.39. The number of nitrogens with one attached hydrogen (secondary N) is 1. The van der Waals surface area contributed by atoms with E-state index in [1.165, 1.54) is 0 Å². The minimum Gasteiger partial charge on any atom is -0.470 e. The third-order valence-electron chi connectivity index (χ3n) is 3.65. The Hall–Kier alpha value is -2.26. The number of benzene rings is 2. The van der Waals surface area contributed by atoms with E-state index in [9.17, 15) is 4.79 Å². The third-order valence-corrected chi connectivity index (χ3v) is 3.90. The van der Waals surface area contributed by atoms with Crippen molar-refractivity contribution in [1.29, 1.82) is 0 Å². The molecule has 0 aromatic heterocycles. The van der Waals surface area contributed by atoms with E-state index in [2.05, 4.69) is 11.9 Å². The van der Waals surface area contributed by atoms with Crippen LogP contribution >= 0.6 is 11.6 Å². The van der Waals surface area contributed by atoms with Gasteiger partial charge in [0.25, 0.3) is 5.91 Å². The summed E-state index contributed by atoms with van der Waals surface area (Å²) < 4.78 is 6.15. The SMILES string of the molecule is C=C(C)CC1(c2ccc(Cl)cc2)Oc2ccccc2NC1=O. The van der Waals surface area contributed by atoms with Crippen LogP contribution in [-0.2, 0) is 10.4 Å². The van der Waals surface area contributed by atoms with Crippen LogP contribution in [0.1, 0.15) is 18.9 Å². The topological polar surface area (TPSA) is 38.3 Å². The largest absolute Gasteiger partial charge is 0.470 e. The zero-order valence-corrected chi connectivity index (χ0v) is 13.0. The second kappa shape index (κ2) is 5.50. The monoisotopic (exact) mass is 313 g/mol. The van der Waals surface area contributed by atoms with Crippen molar-refractivity contribution < 1.29 is 9.53 Å². The van der Waals surface area contributed by atoms with E-state index < -0.39 is 5.60 Å². The summed E-state index contributed by atoms with van der Waals surface area (Å²) in [7, 11) is 0.